The van der Waals surface area contributed by atoms with Gasteiger partial charge in [-0.25, -0.2) is 0 Å². The Balaban J connectivity index is 2.98. The van der Waals surface area contributed by atoms with Crippen LogP contribution in [0.2, 0.25) is 0 Å². The van der Waals surface area contributed by atoms with Crippen LogP contribution in [0.5, 0.6) is 5.75 Å². The van der Waals surface area contributed by atoms with Crippen LogP contribution in [-0.2, 0) is 0 Å². The molecule has 0 aromatic heterocycles. The molecule has 0 heterocycles. The lowest BCUT2D eigenvalue weighted by molar-refractivity contribution is 0.0527. The summed E-state index contributed by atoms with van der Waals surface area (Å²) < 4.78 is 0. The van der Waals surface area contributed by atoms with Crippen LogP contribution in [0.15, 0.2) is 18.2 Å². The number of nitrogens with zero attached hydrogens (tertiary/aromatic N) is 1. The van der Waals surface area contributed by atoms with E-state index in [1.54, 1.807) is 0 Å². The van der Waals surface area contributed by atoms with E-state index in [9.17, 15) is 10.2 Å². The fraction of sp³-hybridized carbons (Fsp3) is 0.222. The standard InChI is InChI=1S/C9H10N2O3/c10-4-8(13)9(14)5-1-2-6(11)7(12)3-5/h1-3,8-9,12-14H,11H2. The average Bonchev–Trinajstić information content (AvgIpc) is 2.20. The number of nitrogens with two attached hydrogens (primary N) is 1. The highest BCUT2D eigenvalue weighted by Crippen LogP contribution is 2.25. The smallest absolute Gasteiger partial charge is 0.170 e. The van der Waals surface area contributed by atoms with Crippen LogP contribution in [0.3, 0.4) is 0 Å². The minimum Gasteiger partial charge on any atom is -0.506 e. The summed E-state index contributed by atoms with van der Waals surface area (Å²) in [7, 11) is 0. The van der Waals surface area contributed by atoms with Gasteiger partial charge in [-0.3, -0.25) is 0 Å². The Morgan fingerprint density at radius 1 is 1.36 bits per heavy atom. The summed E-state index contributed by atoms with van der Waals surface area (Å²) in [4.78, 5) is 0. The molecule has 2 atom stereocenters. The summed E-state index contributed by atoms with van der Waals surface area (Å²) in [6.45, 7) is 0. The van der Waals surface area contributed by atoms with Crippen molar-refractivity contribution in [2.24, 2.45) is 0 Å². The number of hydrogen-bond donors (Lipinski definition) is 4. The van der Waals surface area contributed by atoms with Gasteiger partial charge < -0.3 is 21.1 Å². The maximum absolute atomic E-state index is 9.38. The Morgan fingerprint density at radius 2 is 2.00 bits per heavy atom. The van der Waals surface area contributed by atoms with E-state index < -0.39 is 12.2 Å². The highest BCUT2D eigenvalue weighted by molar-refractivity contribution is 5.53. The summed E-state index contributed by atoms with van der Waals surface area (Å²) in [6.07, 6.45) is -2.86. The van der Waals surface area contributed by atoms with E-state index in [-0.39, 0.29) is 17.0 Å². The van der Waals surface area contributed by atoms with Crippen LogP contribution in [0.4, 0.5) is 5.69 Å². The third-order valence-electron chi connectivity index (χ3n) is 1.83. The zero-order chi connectivity index (χ0) is 10.7. The number of phenolic OH excluding ortho intramolecular Hbond substituents is 1. The molecule has 0 aliphatic carbocycles. The van der Waals surface area contributed by atoms with Crippen LogP contribution in [-0.4, -0.2) is 21.4 Å². The zero-order valence-corrected chi connectivity index (χ0v) is 7.25. The number of aromatic hydroxyl groups is 1. The van der Waals surface area contributed by atoms with Gasteiger partial charge in [0.05, 0.1) is 11.8 Å². The molecule has 0 radical (unpaired) electrons. The first-order chi connectivity index (χ1) is 6.56. The number of benzene rings is 1. The van der Waals surface area contributed by atoms with Gasteiger partial charge in [0.1, 0.15) is 11.9 Å². The average molecular weight is 194 g/mol. The highest BCUT2D eigenvalue weighted by Gasteiger charge is 2.18. The van der Waals surface area contributed by atoms with E-state index in [4.69, 9.17) is 16.1 Å². The molecule has 1 aromatic rings. The lowest BCUT2D eigenvalue weighted by Crippen LogP contribution is -2.15. The van der Waals surface area contributed by atoms with Gasteiger partial charge in [0.2, 0.25) is 0 Å². The number of anilines is 1. The predicted octanol–water partition coefficient (Wildman–Crippen LogP) is -0.108. The van der Waals surface area contributed by atoms with E-state index in [2.05, 4.69) is 0 Å². The second-order valence-electron chi connectivity index (χ2n) is 2.84. The fourth-order valence-electron chi connectivity index (χ4n) is 0.998. The summed E-state index contributed by atoms with van der Waals surface area (Å²) in [5, 5.41) is 35.9. The maximum Gasteiger partial charge on any atom is 0.170 e. The normalized spacial score (nSPS) is 14.4. The summed E-state index contributed by atoms with van der Waals surface area (Å²) in [5.41, 5.74) is 5.75. The Kier molecular flexibility index (Phi) is 2.92. The molecular formula is C9H10N2O3. The molecule has 0 aliphatic rings. The van der Waals surface area contributed by atoms with Gasteiger partial charge in [-0.1, -0.05) is 6.07 Å². The van der Waals surface area contributed by atoms with Gasteiger partial charge >= 0.3 is 0 Å². The van der Waals surface area contributed by atoms with Crippen molar-refractivity contribution in [3.63, 3.8) is 0 Å². The molecule has 14 heavy (non-hydrogen) atoms. The molecule has 5 heteroatoms. The topological polar surface area (TPSA) is 110 Å². The van der Waals surface area contributed by atoms with Gasteiger partial charge in [-0.15, -0.1) is 0 Å². The number of nitrogen functional groups attached to an aromatic ring is 1. The summed E-state index contributed by atoms with van der Waals surface area (Å²) in [6, 6.07) is 5.52. The molecule has 0 saturated carbocycles. The predicted molar refractivity (Wildman–Crippen MR) is 49.1 cm³/mol. The monoisotopic (exact) mass is 194 g/mol. The molecule has 5 N–H and O–H groups in total. The SMILES string of the molecule is N#CC(O)C(O)c1ccc(N)c(O)c1. The maximum atomic E-state index is 9.38. The van der Waals surface area contributed by atoms with Crippen LogP contribution >= 0.6 is 0 Å². The van der Waals surface area contributed by atoms with Gasteiger partial charge in [-0.05, 0) is 17.7 Å². The van der Waals surface area contributed by atoms with Crippen LogP contribution in [0, 0.1) is 11.3 Å². The minimum absolute atomic E-state index is 0.174. The molecule has 2 unspecified atom stereocenters. The summed E-state index contributed by atoms with van der Waals surface area (Å²) in [5.74, 6) is -0.188. The molecule has 5 nitrogen and oxygen atoms in total. The largest absolute Gasteiger partial charge is 0.506 e. The molecule has 1 aromatic carbocycles. The van der Waals surface area contributed by atoms with Crippen molar-refractivity contribution in [3.8, 4) is 11.8 Å². The van der Waals surface area contributed by atoms with Crippen molar-refractivity contribution in [3.05, 3.63) is 23.8 Å². The molecule has 1 rings (SSSR count). The lowest BCUT2D eigenvalue weighted by Gasteiger charge is -2.12. The van der Waals surface area contributed by atoms with Crippen molar-refractivity contribution in [1.29, 1.82) is 5.26 Å². The van der Waals surface area contributed by atoms with Crippen molar-refractivity contribution in [1.82, 2.24) is 0 Å². The lowest BCUT2D eigenvalue weighted by atomic mass is 10.0. The fourth-order valence-corrected chi connectivity index (χ4v) is 0.998. The number of aliphatic hydroxyl groups is 2. The molecule has 0 fully saturated rings. The Morgan fingerprint density at radius 3 is 2.50 bits per heavy atom. The van der Waals surface area contributed by atoms with Gasteiger partial charge in [0.15, 0.2) is 6.10 Å². The van der Waals surface area contributed by atoms with Crippen LogP contribution in [0.1, 0.15) is 11.7 Å². The van der Waals surface area contributed by atoms with Crippen molar-refractivity contribution in [2.45, 2.75) is 12.2 Å². The third-order valence-corrected chi connectivity index (χ3v) is 1.83. The minimum atomic E-state index is -1.52. The van der Waals surface area contributed by atoms with Gasteiger partial charge in [-0.2, -0.15) is 5.26 Å². The third kappa shape index (κ3) is 1.93. The highest BCUT2D eigenvalue weighted by atomic mass is 16.3. The number of aliphatic hydroxyl groups excluding tert-OH is 2. The Hall–Kier alpha value is -1.77. The second-order valence-corrected chi connectivity index (χ2v) is 2.84. The van der Waals surface area contributed by atoms with Crippen molar-refractivity contribution < 1.29 is 15.3 Å². The zero-order valence-electron chi connectivity index (χ0n) is 7.25. The Bertz CT molecular complexity index is 373. The van der Waals surface area contributed by atoms with Crippen LogP contribution in [0.25, 0.3) is 0 Å². The quantitative estimate of drug-likeness (QED) is 0.298. The number of hydrogen-bond acceptors (Lipinski definition) is 5. The van der Waals surface area contributed by atoms with Crippen molar-refractivity contribution in [2.75, 3.05) is 5.73 Å². The number of nitriles is 1. The molecule has 0 bridgehead atoms. The first kappa shape index (κ1) is 10.3. The van der Waals surface area contributed by atoms with E-state index in [0.717, 1.165) is 0 Å². The number of phenols is 1. The Labute approximate surface area is 80.6 Å². The molecule has 74 valence electrons. The van der Waals surface area contributed by atoms with E-state index in [1.807, 2.05) is 0 Å². The summed E-state index contributed by atoms with van der Waals surface area (Å²) >= 11 is 0. The molecule has 0 amide bonds. The molecule has 0 spiro atoms. The van der Waals surface area contributed by atoms with E-state index in [1.165, 1.54) is 24.3 Å². The molecule has 0 saturated heterocycles. The molecular weight excluding hydrogens is 184 g/mol. The first-order valence-corrected chi connectivity index (χ1v) is 3.90. The van der Waals surface area contributed by atoms with Crippen LogP contribution < -0.4 is 5.73 Å². The second kappa shape index (κ2) is 3.96. The molecule has 0 aliphatic heterocycles. The van der Waals surface area contributed by atoms with Gasteiger partial charge in [0.25, 0.3) is 0 Å². The van der Waals surface area contributed by atoms with Crippen molar-refractivity contribution >= 4 is 5.69 Å². The van der Waals surface area contributed by atoms with Gasteiger partial charge in [0, 0.05) is 0 Å². The first-order valence-electron chi connectivity index (χ1n) is 3.90. The van der Waals surface area contributed by atoms with E-state index in [0.29, 0.717) is 0 Å². The van der Waals surface area contributed by atoms with E-state index >= 15 is 0 Å². The number of rotatable bonds is 2.